The van der Waals surface area contributed by atoms with E-state index in [4.69, 9.17) is 11.6 Å². The smallest absolute Gasteiger partial charge is 0.124 e. The first kappa shape index (κ1) is 14.4. The Kier molecular flexibility index (Phi) is 5.25. The fourth-order valence-electron chi connectivity index (χ4n) is 1.71. The number of benzene rings is 2. The van der Waals surface area contributed by atoms with Crippen molar-refractivity contribution in [2.75, 3.05) is 7.05 Å². The van der Waals surface area contributed by atoms with Crippen LogP contribution in [-0.4, -0.2) is 7.05 Å². The van der Waals surface area contributed by atoms with Crippen LogP contribution in [0.15, 0.2) is 47.4 Å². The van der Waals surface area contributed by atoms with Crippen molar-refractivity contribution in [3.63, 3.8) is 0 Å². The normalized spacial score (nSPS) is 10.7. The summed E-state index contributed by atoms with van der Waals surface area (Å²) in [5.74, 6) is 0.444. The predicted molar refractivity (Wildman–Crippen MR) is 80.2 cm³/mol. The molecule has 2 aromatic carbocycles. The number of hydrogen-bond donors (Lipinski definition) is 1. The molecular formula is C15H15ClFNS. The van der Waals surface area contributed by atoms with E-state index in [0.29, 0.717) is 5.02 Å². The first-order chi connectivity index (χ1) is 9.19. The van der Waals surface area contributed by atoms with Gasteiger partial charge in [0.1, 0.15) is 5.82 Å². The number of nitrogens with one attached hydrogen (secondary N) is 1. The summed E-state index contributed by atoms with van der Waals surface area (Å²) in [6.07, 6.45) is 0. The SMILES string of the molecule is CNCc1ccc(SCc2ccc(F)cc2Cl)cc1. The van der Waals surface area contributed by atoms with Crippen molar-refractivity contribution in [2.24, 2.45) is 0 Å². The predicted octanol–water partition coefficient (Wildman–Crippen LogP) is 4.49. The summed E-state index contributed by atoms with van der Waals surface area (Å²) in [4.78, 5) is 1.18. The minimum atomic E-state index is -0.296. The van der Waals surface area contributed by atoms with Crippen LogP contribution in [-0.2, 0) is 12.3 Å². The number of rotatable bonds is 5. The number of halogens is 2. The highest BCUT2D eigenvalue weighted by atomic mass is 35.5. The minimum Gasteiger partial charge on any atom is -0.316 e. The van der Waals surface area contributed by atoms with Crippen LogP contribution in [0.2, 0.25) is 5.02 Å². The summed E-state index contributed by atoms with van der Waals surface area (Å²) in [7, 11) is 1.93. The van der Waals surface area contributed by atoms with Gasteiger partial charge in [-0.1, -0.05) is 29.8 Å². The van der Waals surface area contributed by atoms with Crippen LogP contribution in [0.1, 0.15) is 11.1 Å². The van der Waals surface area contributed by atoms with Gasteiger partial charge < -0.3 is 5.32 Å². The summed E-state index contributed by atoms with van der Waals surface area (Å²) >= 11 is 7.69. The van der Waals surface area contributed by atoms with Crippen LogP contribution in [0.3, 0.4) is 0 Å². The molecule has 0 heterocycles. The largest absolute Gasteiger partial charge is 0.316 e. The van der Waals surface area contributed by atoms with Gasteiger partial charge in [0.05, 0.1) is 0 Å². The van der Waals surface area contributed by atoms with E-state index in [1.807, 2.05) is 7.05 Å². The molecule has 2 aromatic rings. The lowest BCUT2D eigenvalue weighted by molar-refractivity contribution is 0.627. The van der Waals surface area contributed by atoms with Gasteiger partial charge in [0.2, 0.25) is 0 Å². The Morgan fingerprint density at radius 3 is 2.53 bits per heavy atom. The van der Waals surface area contributed by atoms with Gasteiger partial charge in [0, 0.05) is 22.2 Å². The van der Waals surface area contributed by atoms with Gasteiger partial charge in [0.25, 0.3) is 0 Å². The molecular weight excluding hydrogens is 281 g/mol. The van der Waals surface area contributed by atoms with E-state index in [1.165, 1.54) is 22.6 Å². The Morgan fingerprint density at radius 2 is 1.89 bits per heavy atom. The van der Waals surface area contributed by atoms with Crippen molar-refractivity contribution in [2.45, 2.75) is 17.2 Å². The summed E-state index contributed by atoms with van der Waals surface area (Å²) < 4.78 is 12.9. The van der Waals surface area contributed by atoms with Crippen molar-refractivity contribution in [3.8, 4) is 0 Å². The van der Waals surface area contributed by atoms with Gasteiger partial charge in [-0.15, -0.1) is 11.8 Å². The molecule has 0 aliphatic rings. The minimum absolute atomic E-state index is 0.296. The summed E-state index contributed by atoms with van der Waals surface area (Å²) in [6.45, 7) is 0.870. The third-order valence-corrected chi connectivity index (χ3v) is 4.13. The van der Waals surface area contributed by atoms with E-state index in [-0.39, 0.29) is 5.82 Å². The van der Waals surface area contributed by atoms with Crippen molar-refractivity contribution in [1.82, 2.24) is 5.32 Å². The second-order valence-corrected chi connectivity index (χ2v) is 5.65. The van der Waals surface area contributed by atoms with E-state index in [1.54, 1.807) is 17.8 Å². The van der Waals surface area contributed by atoms with Crippen LogP contribution in [0.4, 0.5) is 4.39 Å². The zero-order valence-electron chi connectivity index (χ0n) is 10.6. The Morgan fingerprint density at radius 1 is 1.16 bits per heavy atom. The quantitative estimate of drug-likeness (QED) is 0.816. The molecule has 0 fully saturated rings. The highest BCUT2D eigenvalue weighted by Crippen LogP contribution is 2.27. The maximum Gasteiger partial charge on any atom is 0.124 e. The first-order valence-corrected chi connectivity index (χ1v) is 7.35. The Balaban J connectivity index is 1.98. The van der Waals surface area contributed by atoms with Crippen molar-refractivity contribution < 1.29 is 4.39 Å². The molecule has 0 bridgehead atoms. The average molecular weight is 296 g/mol. The molecule has 0 saturated carbocycles. The van der Waals surface area contributed by atoms with Gasteiger partial charge in [-0.2, -0.15) is 0 Å². The van der Waals surface area contributed by atoms with Gasteiger partial charge >= 0.3 is 0 Å². The maximum atomic E-state index is 12.9. The fraction of sp³-hybridized carbons (Fsp3) is 0.200. The topological polar surface area (TPSA) is 12.0 Å². The molecule has 0 spiro atoms. The van der Waals surface area contributed by atoms with E-state index >= 15 is 0 Å². The second-order valence-electron chi connectivity index (χ2n) is 4.20. The highest BCUT2D eigenvalue weighted by Gasteiger charge is 2.03. The molecule has 4 heteroatoms. The van der Waals surface area contributed by atoms with E-state index < -0.39 is 0 Å². The molecule has 19 heavy (non-hydrogen) atoms. The highest BCUT2D eigenvalue weighted by molar-refractivity contribution is 7.98. The average Bonchev–Trinajstić information content (AvgIpc) is 2.40. The van der Waals surface area contributed by atoms with E-state index in [2.05, 4.69) is 29.6 Å². The summed E-state index contributed by atoms with van der Waals surface area (Å²) in [5, 5.41) is 3.60. The van der Waals surface area contributed by atoms with Crippen molar-refractivity contribution in [1.29, 1.82) is 0 Å². The maximum absolute atomic E-state index is 12.9. The van der Waals surface area contributed by atoms with Gasteiger partial charge in [-0.25, -0.2) is 4.39 Å². The Labute approximate surface area is 122 Å². The first-order valence-electron chi connectivity index (χ1n) is 5.99. The zero-order valence-corrected chi connectivity index (χ0v) is 12.2. The monoisotopic (exact) mass is 295 g/mol. The fourth-order valence-corrected chi connectivity index (χ4v) is 2.92. The number of thioether (sulfide) groups is 1. The van der Waals surface area contributed by atoms with Crippen LogP contribution in [0, 0.1) is 5.82 Å². The molecule has 0 amide bonds. The molecule has 0 saturated heterocycles. The second kappa shape index (κ2) is 6.94. The van der Waals surface area contributed by atoms with Gasteiger partial charge in [0.15, 0.2) is 0 Å². The Hall–Kier alpha value is -1.03. The molecule has 0 aliphatic carbocycles. The molecule has 0 radical (unpaired) electrons. The zero-order chi connectivity index (χ0) is 13.7. The van der Waals surface area contributed by atoms with Crippen LogP contribution < -0.4 is 5.32 Å². The van der Waals surface area contributed by atoms with Gasteiger partial charge in [-0.05, 0) is 42.4 Å². The number of hydrogen-bond acceptors (Lipinski definition) is 2. The lowest BCUT2D eigenvalue weighted by atomic mass is 10.2. The molecule has 100 valence electrons. The molecule has 0 atom stereocenters. The summed E-state index contributed by atoms with van der Waals surface area (Å²) in [6, 6.07) is 12.9. The van der Waals surface area contributed by atoms with Crippen molar-refractivity contribution in [3.05, 3.63) is 64.4 Å². The molecule has 0 aliphatic heterocycles. The lowest BCUT2D eigenvalue weighted by Crippen LogP contribution is -2.04. The molecule has 1 N–H and O–H groups in total. The van der Waals surface area contributed by atoms with E-state index in [9.17, 15) is 4.39 Å². The van der Waals surface area contributed by atoms with Crippen molar-refractivity contribution >= 4 is 23.4 Å². The van der Waals surface area contributed by atoms with E-state index in [0.717, 1.165) is 17.9 Å². The van der Waals surface area contributed by atoms with Crippen LogP contribution >= 0.6 is 23.4 Å². The van der Waals surface area contributed by atoms with Crippen LogP contribution in [0.5, 0.6) is 0 Å². The lowest BCUT2D eigenvalue weighted by Gasteiger charge is -2.06. The third-order valence-electron chi connectivity index (χ3n) is 2.71. The molecule has 0 aromatic heterocycles. The molecule has 2 rings (SSSR count). The van der Waals surface area contributed by atoms with Crippen LogP contribution in [0.25, 0.3) is 0 Å². The standard InChI is InChI=1S/C15H15ClFNS/c1-18-9-11-2-6-14(7-3-11)19-10-12-4-5-13(17)8-15(12)16/h2-8,18H,9-10H2,1H3. The summed E-state index contributed by atoms with van der Waals surface area (Å²) in [5.41, 5.74) is 2.21. The molecule has 1 nitrogen and oxygen atoms in total. The Bertz CT molecular complexity index is 542. The third kappa shape index (κ3) is 4.23. The molecule has 0 unspecified atom stereocenters. The van der Waals surface area contributed by atoms with Gasteiger partial charge in [-0.3, -0.25) is 0 Å².